The lowest BCUT2D eigenvalue weighted by Gasteiger charge is -2.31. The second-order valence-corrected chi connectivity index (χ2v) is 6.67. The Hall–Kier alpha value is -1.43. The van der Waals surface area contributed by atoms with Crippen LogP contribution in [0.25, 0.3) is 0 Å². The van der Waals surface area contributed by atoms with E-state index in [1.54, 1.807) is 6.92 Å². The predicted molar refractivity (Wildman–Crippen MR) is 84.4 cm³/mol. The topological polar surface area (TPSA) is 54.3 Å². The number of rotatable bonds is 3. The van der Waals surface area contributed by atoms with Crippen molar-refractivity contribution in [3.8, 4) is 0 Å². The molecule has 0 N–H and O–H groups in total. The molecule has 1 aromatic heterocycles. The normalized spacial score (nSPS) is 23.7. The number of nitrogens with zero attached hydrogens (tertiary/aromatic N) is 5. The van der Waals surface area contributed by atoms with Gasteiger partial charge in [-0.1, -0.05) is 6.42 Å². The molecule has 1 atom stereocenters. The van der Waals surface area contributed by atoms with Gasteiger partial charge in [0.25, 0.3) is 0 Å². The average molecular weight is 305 g/mol. The summed E-state index contributed by atoms with van der Waals surface area (Å²) in [6, 6.07) is 0. The van der Waals surface area contributed by atoms with Crippen molar-refractivity contribution in [3.05, 3.63) is 11.6 Å². The fourth-order valence-corrected chi connectivity index (χ4v) is 3.66. The van der Waals surface area contributed by atoms with Gasteiger partial charge in [0.1, 0.15) is 11.6 Å². The second-order valence-electron chi connectivity index (χ2n) is 6.67. The Morgan fingerprint density at radius 3 is 2.64 bits per heavy atom. The van der Waals surface area contributed by atoms with Gasteiger partial charge in [0, 0.05) is 33.0 Å². The molecule has 22 heavy (non-hydrogen) atoms. The molecular weight excluding hydrogens is 278 g/mol. The highest BCUT2D eigenvalue weighted by atomic mass is 16.2. The molecule has 2 aliphatic heterocycles. The third kappa shape index (κ3) is 3.32. The number of hydrogen-bond acceptors (Lipinski definition) is 4. The summed E-state index contributed by atoms with van der Waals surface area (Å²) in [5, 5.41) is 8.87. The van der Waals surface area contributed by atoms with Crippen molar-refractivity contribution in [1.82, 2.24) is 24.6 Å². The van der Waals surface area contributed by atoms with Crippen molar-refractivity contribution in [2.45, 2.75) is 51.5 Å². The van der Waals surface area contributed by atoms with Crippen LogP contribution >= 0.6 is 0 Å². The molecule has 2 saturated heterocycles. The maximum atomic E-state index is 11.6. The molecule has 0 aromatic carbocycles. The molecule has 122 valence electrons. The second kappa shape index (κ2) is 6.77. The number of likely N-dealkylation sites (tertiary alicyclic amines) is 2. The van der Waals surface area contributed by atoms with Gasteiger partial charge >= 0.3 is 0 Å². The number of hydrogen-bond donors (Lipinski definition) is 0. The highest BCUT2D eigenvalue weighted by Crippen LogP contribution is 2.26. The monoisotopic (exact) mass is 305 g/mol. The van der Waals surface area contributed by atoms with Gasteiger partial charge < -0.3 is 9.47 Å². The smallest absolute Gasteiger partial charge is 0.219 e. The highest BCUT2D eigenvalue weighted by Gasteiger charge is 2.27. The van der Waals surface area contributed by atoms with E-state index in [0.717, 1.165) is 44.1 Å². The SMILES string of the molecule is CC(=O)N1CCCC(c2nnc(CN3CCCCC3)n2C)C1. The van der Waals surface area contributed by atoms with Crippen molar-refractivity contribution in [3.63, 3.8) is 0 Å². The van der Waals surface area contributed by atoms with Crippen molar-refractivity contribution in [2.75, 3.05) is 26.2 Å². The van der Waals surface area contributed by atoms with E-state index in [1.165, 1.54) is 32.4 Å². The Balaban J connectivity index is 1.68. The Morgan fingerprint density at radius 1 is 1.14 bits per heavy atom. The molecule has 2 aliphatic rings. The summed E-state index contributed by atoms with van der Waals surface area (Å²) in [5.74, 6) is 2.58. The minimum absolute atomic E-state index is 0.167. The van der Waals surface area contributed by atoms with Crippen LogP contribution in [0.15, 0.2) is 0 Å². The summed E-state index contributed by atoms with van der Waals surface area (Å²) in [5.41, 5.74) is 0. The first-order valence-electron chi connectivity index (χ1n) is 8.51. The first-order chi connectivity index (χ1) is 10.6. The number of amides is 1. The van der Waals surface area contributed by atoms with Crippen LogP contribution in [0.4, 0.5) is 0 Å². The fraction of sp³-hybridized carbons (Fsp3) is 0.812. The molecule has 1 unspecified atom stereocenters. The van der Waals surface area contributed by atoms with Crippen LogP contribution in [0.5, 0.6) is 0 Å². The largest absolute Gasteiger partial charge is 0.342 e. The Kier molecular flexibility index (Phi) is 4.76. The molecule has 0 saturated carbocycles. The average Bonchev–Trinajstić information content (AvgIpc) is 2.89. The molecular formula is C16H27N5O. The molecule has 0 radical (unpaired) electrons. The third-order valence-electron chi connectivity index (χ3n) is 5.04. The fourth-order valence-electron chi connectivity index (χ4n) is 3.66. The standard InChI is InChI=1S/C16H27N5O/c1-13(22)21-10-6-7-14(11-21)16-18-17-15(19(16)2)12-20-8-4-3-5-9-20/h14H,3-12H2,1-2H3. The van der Waals surface area contributed by atoms with Gasteiger partial charge in [0.15, 0.2) is 0 Å². The van der Waals surface area contributed by atoms with Crippen LogP contribution in [0, 0.1) is 0 Å². The summed E-state index contributed by atoms with van der Waals surface area (Å²) < 4.78 is 2.16. The Bertz CT molecular complexity index is 521. The van der Waals surface area contributed by atoms with Gasteiger partial charge in [-0.2, -0.15) is 0 Å². The van der Waals surface area contributed by atoms with Crippen LogP contribution in [0.3, 0.4) is 0 Å². The molecule has 3 heterocycles. The lowest BCUT2D eigenvalue weighted by molar-refractivity contribution is -0.130. The summed E-state index contributed by atoms with van der Waals surface area (Å²) in [4.78, 5) is 16.0. The maximum absolute atomic E-state index is 11.6. The molecule has 0 spiro atoms. The minimum Gasteiger partial charge on any atom is -0.342 e. The van der Waals surface area contributed by atoms with E-state index in [9.17, 15) is 4.79 Å². The summed E-state index contributed by atoms with van der Waals surface area (Å²) in [7, 11) is 2.07. The Morgan fingerprint density at radius 2 is 1.91 bits per heavy atom. The molecule has 3 rings (SSSR count). The van der Waals surface area contributed by atoms with Gasteiger partial charge in [-0.3, -0.25) is 9.69 Å². The van der Waals surface area contributed by atoms with Gasteiger partial charge in [-0.05, 0) is 38.8 Å². The number of aromatic nitrogens is 3. The maximum Gasteiger partial charge on any atom is 0.219 e. The van der Waals surface area contributed by atoms with Crippen LogP contribution in [-0.4, -0.2) is 56.7 Å². The van der Waals surface area contributed by atoms with Crippen LogP contribution in [0.1, 0.15) is 56.6 Å². The molecule has 0 aliphatic carbocycles. The van der Waals surface area contributed by atoms with Gasteiger partial charge in [-0.15, -0.1) is 10.2 Å². The quantitative estimate of drug-likeness (QED) is 0.850. The zero-order valence-corrected chi connectivity index (χ0v) is 13.8. The summed E-state index contributed by atoms with van der Waals surface area (Å²) in [6.45, 7) is 6.55. The van der Waals surface area contributed by atoms with Crippen LogP contribution in [0.2, 0.25) is 0 Å². The molecule has 0 bridgehead atoms. The van der Waals surface area contributed by atoms with Crippen molar-refractivity contribution in [2.24, 2.45) is 7.05 Å². The van der Waals surface area contributed by atoms with E-state index in [0.29, 0.717) is 5.92 Å². The van der Waals surface area contributed by atoms with E-state index in [4.69, 9.17) is 0 Å². The van der Waals surface area contributed by atoms with Gasteiger partial charge in [-0.25, -0.2) is 0 Å². The van der Waals surface area contributed by atoms with Crippen molar-refractivity contribution in [1.29, 1.82) is 0 Å². The van der Waals surface area contributed by atoms with E-state index >= 15 is 0 Å². The lowest BCUT2D eigenvalue weighted by Crippen LogP contribution is -2.38. The number of carbonyl (C=O) groups excluding carboxylic acids is 1. The molecule has 2 fully saturated rings. The number of piperidine rings is 2. The summed E-state index contributed by atoms with van der Waals surface area (Å²) >= 11 is 0. The molecule has 1 aromatic rings. The first kappa shape index (κ1) is 15.5. The van der Waals surface area contributed by atoms with E-state index in [2.05, 4.69) is 26.7 Å². The summed E-state index contributed by atoms with van der Waals surface area (Å²) in [6.07, 6.45) is 6.09. The zero-order valence-electron chi connectivity index (χ0n) is 13.8. The van der Waals surface area contributed by atoms with E-state index < -0.39 is 0 Å². The third-order valence-corrected chi connectivity index (χ3v) is 5.04. The van der Waals surface area contributed by atoms with Crippen molar-refractivity contribution < 1.29 is 4.79 Å². The van der Waals surface area contributed by atoms with Gasteiger partial charge in [0.05, 0.1) is 6.54 Å². The molecule has 6 nitrogen and oxygen atoms in total. The molecule has 1 amide bonds. The van der Waals surface area contributed by atoms with Crippen LogP contribution < -0.4 is 0 Å². The molecule has 6 heteroatoms. The highest BCUT2D eigenvalue weighted by molar-refractivity contribution is 5.73. The first-order valence-corrected chi connectivity index (χ1v) is 8.51. The number of carbonyl (C=O) groups is 1. The Labute approximate surface area is 132 Å². The zero-order chi connectivity index (χ0) is 15.5. The van der Waals surface area contributed by atoms with Gasteiger partial charge in [0.2, 0.25) is 5.91 Å². The minimum atomic E-state index is 0.167. The lowest BCUT2D eigenvalue weighted by atomic mass is 9.97. The van der Waals surface area contributed by atoms with E-state index in [1.807, 2.05) is 4.90 Å². The van der Waals surface area contributed by atoms with Crippen molar-refractivity contribution >= 4 is 5.91 Å². The van der Waals surface area contributed by atoms with Crippen LogP contribution in [-0.2, 0) is 18.4 Å². The van der Waals surface area contributed by atoms with E-state index in [-0.39, 0.29) is 5.91 Å². The predicted octanol–water partition coefficient (Wildman–Crippen LogP) is 1.53.